The van der Waals surface area contributed by atoms with Crippen molar-refractivity contribution in [2.75, 3.05) is 20.1 Å². The Balaban J connectivity index is 3.67. The van der Waals surface area contributed by atoms with E-state index in [9.17, 15) is 9.59 Å². The SMILES string of the molecule is CC(=O)NCCC(=O)N(C)CC(C)O. The first-order chi connectivity index (χ1) is 6.43. The second-order valence-corrected chi connectivity index (χ2v) is 3.36. The molecule has 0 aliphatic rings. The van der Waals surface area contributed by atoms with Gasteiger partial charge in [0.15, 0.2) is 0 Å². The molecule has 1 unspecified atom stereocenters. The Hall–Kier alpha value is -1.10. The number of carbonyl (C=O) groups is 2. The van der Waals surface area contributed by atoms with Crippen molar-refractivity contribution in [3.63, 3.8) is 0 Å². The highest BCUT2D eigenvalue weighted by Crippen LogP contribution is 1.92. The molecule has 5 heteroatoms. The van der Waals surface area contributed by atoms with Crippen LogP contribution in [-0.4, -0.2) is 48.1 Å². The molecule has 1 atom stereocenters. The summed E-state index contributed by atoms with van der Waals surface area (Å²) in [6.45, 7) is 3.69. The van der Waals surface area contributed by atoms with E-state index >= 15 is 0 Å². The molecule has 2 N–H and O–H groups in total. The third kappa shape index (κ3) is 6.42. The minimum absolute atomic E-state index is 0.0837. The van der Waals surface area contributed by atoms with E-state index in [0.717, 1.165) is 0 Å². The first-order valence-electron chi connectivity index (χ1n) is 4.60. The summed E-state index contributed by atoms with van der Waals surface area (Å²) in [7, 11) is 1.63. The average Bonchev–Trinajstić information content (AvgIpc) is 2.01. The van der Waals surface area contributed by atoms with Gasteiger partial charge in [-0.15, -0.1) is 0 Å². The Labute approximate surface area is 84.1 Å². The zero-order valence-electron chi connectivity index (χ0n) is 8.91. The summed E-state index contributed by atoms with van der Waals surface area (Å²) in [6.07, 6.45) is -0.257. The maximum Gasteiger partial charge on any atom is 0.224 e. The fraction of sp³-hybridized carbons (Fsp3) is 0.778. The number of aliphatic hydroxyl groups excluding tert-OH is 1. The van der Waals surface area contributed by atoms with Gasteiger partial charge in [-0.3, -0.25) is 9.59 Å². The highest BCUT2D eigenvalue weighted by atomic mass is 16.3. The van der Waals surface area contributed by atoms with E-state index in [-0.39, 0.29) is 18.2 Å². The van der Waals surface area contributed by atoms with Crippen molar-refractivity contribution in [2.45, 2.75) is 26.4 Å². The van der Waals surface area contributed by atoms with Crippen LogP contribution in [0.2, 0.25) is 0 Å². The van der Waals surface area contributed by atoms with Crippen LogP contribution < -0.4 is 5.32 Å². The van der Waals surface area contributed by atoms with Gasteiger partial charge < -0.3 is 15.3 Å². The number of amides is 2. The summed E-state index contributed by atoms with van der Waals surface area (Å²) in [6, 6.07) is 0. The highest BCUT2D eigenvalue weighted by Gasteiger charge is 2.10. The van der Waals surface area contributed by atoms with Gasteiger partial charge >= 0.3 is 0 Å². The standard InChI is InChI=1S/C9H18N2O3/c1-7(12)6-11(3)9(14)4-5-10-8(2)13/h7,12H,4-6H2,1-3H3,(H,10,13). The maximum absolute atomic E-state index is 11.3. The number of nitrogens with one attached hydrogen (secondary N) is 1. The third-order valence-electron chi connectivity index (χ3n) is 1.68. The largest absolute Gasteiger partial charge is 0.392 e. The van der Waals surface area contributed by atoms with Gasteiger partial charge in [-0.25, -0.2) is 0 Å². The molecule has 0 fully saturated rings. The predicted octanol–water partition coefficient (Wildman–Crippen LogP) is -0.648. The molecule has 0 aromatic heterocycles. The predicted molar refractivity (Wildman–Crippen MR) is 52.6 cm³/mol. The Morgan fingerprint density at radius 1 is 1.50 bits per heavy atom. The molecule has 0 saturated heterocycles. The van der Waals surface area contributed by atoms with Crippen LogP contribution in [0.1, 0.15) is 20.3 Å². The zero-order chi connectivity index (χ0) is 11.1. The molecule has 5 nitrogen and oxygen atoms in total. The minimum Gasteiger partial charge on any atom is -0.392 e. The topological polar surface area (TPSA) is 69.6 Å². The molecule has 0 saturated carbocycles. The van der Waals surface area contributed by atoms with Gasteiger partial charge in [0, 0.05) is 33.5 Å². The van der Waals surface area contributed by atoms with Gasteiger partial charge in [0.25, 0.3) is 0 Å². The number of nitrogens with zero attached hydrogens (tertiary/aromatic N) is 1. The molecule has 0 rings (SSSR count). The van der Waals surface area contributed by atoms with Gasteiger partial charge in [0.05, 0.1) is 6.10 Å². The number of aliphatic hydroxyl groups is 1. The second-order valence-electron chi connectivity index (χ2n) is 3.36. The lowest BCUT2D eigenvalue weighted by Crippen LogP contribution is -2.35. The molecule has 0 aromatic rings. The fourth-order valence-corrected chi connectivity index (χ4v) is 1.03. The zero-order valence-corrected chi connectivity index (χ0v) is 8.91. The van der Waals surface area contributed by atoms with E-state index < -0.39 is 6.10 Å². The Kier molecular flexibility index (Phi) is 5.87. The molecule has 2 amide bonds. The van der Waals surface area contributed by atoms with E-state index in [1.807, 2.05) is 0 Å². The maximum atomic E-state index is 11.3. The van der Waals surface area contributed by atoms with Gasteiger partial charge in [-0.1, -0.05) is 0 Å². The van der Waals surface area contributed by atoms with Crippen molar-refractivity contribution < 1.29 is 14.7 Å². The van der Waals surface area contributed by atoms with Crippen LogP contribution in [0.15, 0.2) is 0 Å². The molecule has 14 heavy (non-hydrogen) atoms. The summed E-state index contributed by atoms with van der Waals surface area (Å²) in [4.78, 5) is 23.3. The van der Waals surface area contributed by atoms with Crippen LogP contribution >= 0.6 is 0 Å². The lowest BCUT2D eigenvalue weighted by Gasteiger charge is -2.18. The van der Waals surface area contributed by atoms with E-state index in [4.69, 9.17) is 5.11 Å². The van der Waals surface area contributed by atoms with Gasteiger partial charge in [-0.05, 0) is 6.92 Å². The number of hydrogen-bond acceptors (Lipinski definition) is 3. The number of carbonyl (C=O) groups excluding carboxylic acids is 2. The summed E-state index contributed by atoms with van der Waals surface area (Å²) in [5.74, 6) is -0.226. The Bertz CT molecular complexity index is 204. The van der Waals surface area contributed by atoms with Crippen LogP contribution in [0.3, 0.4) is 0 Å². The summed E-state index contributed by atoms with van der Waals surface area (Å²) < 4.78 is 0. The molecule has 0 bridgehead atoms. The van der Waals surface area contributed by atoms with E-state index in [1.54, 1.807) is 14.0 Å². The van der Waals surface area contributed by atoms with Crippen LogP contribution in [0.4, 0.5) is 0 Å². The van der Waals surface area contributed by atoms with Gasteiger partial charge in [-0.2, -0.15) is 0 Å². The molecule has 0 radical (unpaired) electrons. The summed E-state index contributed by atoms with van der Waals surface area (Å²) in [5, 5.41) is 11.6. The van der Waals surface area contributed by atoms with Crippen molar-refractivity contribution in [1.29, 1.82) is 0 Å². The van der Waals surface area contributed by atoms with Crippen molar-refractivity contribution >= 4 is 11.8 Å². The molecular weight excluding hydrogens is 184 g/mol. The van der Waals surface area contributed by atoms with E-state index in [1.165, 1.54) is 11.8 Å². The summed E-state index contributed by atoms with van der Waals surface area (Å²) in [5.41, 5.74) is 0. The van der Waals surface area contributed by atoms with E-state index in [2.05, 4.69) is 5.32 Å². The first-order valence-corrected chi connectivity index (χ1v) is 4.60. The Morgan fingerprint density at radius 2 is 2.07 bits per heavy atom. The fourth-order valence-electron chi connectivity index (χ4n) is 1.03. The summed E-state index contributed by atoms with van der Waals surface area (Å²) >= 11 is 0. The van der Waals surface area contributed by atoms with E-state index in [0.29, 0.717) is 13.1 Å². The molecule has 0 heterocycles. The number of likely N-dealkylation sites (N-methyl/N-ethyl adjacent to an activating group) is 1. The van der Waals surface area contributed by atoms with Crippen LogP contribution in [-0.2, 0) is 9.59 Å². The normalized spacial score (nSPS) is 12.0. The first kappa shape index (κ1) is 12.9. The number of hydrogen-bond donors (Lipinski definition) is 2. The smallest absolute Gasteiger partial charge is 0.224 e. The van der Waals surface area contributed by atoms with Crippen molar-refractivity contribution in [2.24, 2.45) is 0 Å². The lowest BCUT2D eigenvalue weighted by atomic mass is 10.3. The third-order valence-corrected chi connectivity index (χ3v) is 1.68. The monoisotopic (exact) mass is 202 g/mol. The molecule has 82 valence electrons. The van der Waals surface area contributed by atoms with Crippen molar-refractivity contribution in [1.82, 2.24) is 10.2 Å². The highest BCUT2D eigenvalue weighted by molar-refractivity contribution is 5.77. The average molecular weight is 202 g/mol. The van der Waals surface area contributed by atoms with Crippen molar-refractivity contribution in [3.05, 3.63) is 0 Å². The van der Waals surface area contributed by atoms with Crippen LogP contribution in [0.5, 0.6) is 0 Å². The lowest BCUT2D eigenvalue weighted by molar-refractivity contribution is -0.131. The van der Waals surface area contributed by atoms with Gasteiger partial charge in [0.2, 0.25) is 11.8 Å². The molecule has 0 aliphatic carbocycles. The number of rotatable bonds is 5. The second kappa shape index (κ2) is 6.37. The molecular formula is C9H18N2O3. The van der Waals surface area contributed by atoms with Crippen molar-refractivity contribution in [3.8, 4) is 0 Å². The molecule has 0 aromatic carbocycles. The Morgan fingerprint density at radius 3 is 2.50 bits per heavy atom. The van der Waals surface area contributed by atoms with Gasteiger partial charge in [0.1, 0.15) is 0 Å². The minimum atomic E-state index is -0.523. The molecule has 0 spiro atoms. The molecule has 0 aliphatic heterocycles. The van der Waals surface area contributed by atoms with Crippen LogP contribution in [0.25, 0.3) is 0 Å². The quantitative estimate of drug-likeness (QED) is 0.622. The van der Waals surface area contributed by atoms with Crippen LogP contribution in [0, 0.1) is 0 Å².